The van der Waals surface area contributed by atoms with E-state index < -0.39 is 0 Å². The monoisotopic (exact) mass is 327 g/mol. The Morgan fingerprint density at radius 2 is 2.00 bits per heavy atom. The van der Waals surface area contributed by atoms with Gasteiger partial charge in [-0.2, -0.15) is 5.10 Å². The zero-order valence-corrected chi connectivity index (χ0v) is 13.1. The van der Waals surface area contributed by atoms with E-state index in [1.807, 2.05) is 31.2 Å². The molecule has 0 bridgehead atoms. The molecule has 0 saturated carbocycles. The summed E-state index contributed by atoms with van der Waals surface area (Å²) in [5.74, 6) is -0.193. The van der Waals surface area contributed by atoms with Crippen LogP contribution in [0.4, 0.5) is 0 Å². The highest BCUT2D eigenvalue weighted by molar-refractivity contribution is 6.29. The van der Waals surface area contributed by atoms with Crippen LogP contribution in [0.25, 0.3) is 5.69 Å². The Labute approximate surface area is 138 Å². The van der Waals surface area contributed by atoms with Crippen LogP contribution in [-0.2, 0) is 0 Å². The Morgan fingerprint density at radius 3 is 2.61 bits per heavy atom. The highest BCUT2D eigenvalue weighted by Gasteiger charge is 2.12. The minimum Gasteiger partial charge on any atom is -0.345 e. The minimum absolute atomic E-state index is 0.136. The fraction of sp³-hybridized carbons (Fsp3) is 0.125. The summed E-state index contributed by atoms with van der Waals surface area (Å²) in [5, 5.41) is 7.36. The summed E-state index contributed by atoms with van der Waals surface area (Å²) < 4.78 is 1.67. The van der Waals surface area contributed by atoms with E-state index >= 15 is 0 Å². The van der Waals surface area contributed by atoms with Gasteiger partial charge in [-0.05, 0) is 36.8 Å². The molecule has 1 atom stereocenters. The number of nitrogens with one attached hydrogen (secondary N) is 1. The van der Waals surface area contributed by atoms with Crippen LogP contribution in [0.3, 0.4) is 0 Å². The molecule has 0 fully saturated rings. The number of rotatable bonds is 4. The Kier molecular flexibility index (Phi) is 4.34. The van der Waals surface area contributed by atoms with Gasteiger partial charge < -0.3 is 5.32 Å². The summed E-state index contributed by atoms with van der Waals surface area (Å²) in [4.78, 5) is 20.0. The molecule has 3 aromatic rings. The number of pyridine rings is 1. The lowest BCUT2D eigenvalue weighted by molar-refractivity contribution is 0.0939. The standard InChI is InChI=1S/C16H14ClN5O/c1-11(21-16(23)13-4-7-15(17)19-8-13)12-2-5-14(6-3-12)22-10-18-9-20-22/h2-11H,1H3,(H,21,23). The van der Waals surface area contributed by atoms with E-state index in [0.717, 1.165) is 11.3 Å². The zero-order valence-electron chi connectivity index (χ0n) is 12.3. The van der Waals surface area contributed by atoms with Crippen LogP contribution >= 0.6 is 11.6 Å². The van der Waals surface area contributed by atoms with Crippen LogP contribution in [0, 0.1) is 0 Å². The van der Waals surface area contributed by atoms with E-state index in [0.29, 0.717) is 10.7 Å². The van der Waals surface area contributed by atoms with Crippen LogP contribution < -0.4 is 5.32 Å². The molecule has 0 spiro atoms. The van der Waals surface area contributed by atoms with Crippen molar-refractivity contribution in [3.63, 3.8) is 0 Å². The molecule has 7 heteroatoms. The predicted molar refractivity (Wildman–Crippen MR) is 86.5 cm³/mol. The minimum atomic E-state index is -0.193. The van der Waals surface area contributed by atoms with Gasteiger partial charge in [-0.25, -0.2) is 14.6 Å². The highest BCUT2D eigenvalue weighted by Crippen LogP contribution is 2.16. The number of hydrogen-bond acceptors (Lipinski definition) is 4. The maximum absolute atomic E-state index is 12.2. The molecule has 1 unspecified atom stereocenters. The molecule has 2 heterocycles. The molecule has 0 aliphatic rings. The first kappa shape index (κ1) is 15.2. The maximum Gasteiger partial charge on any atom is 0.253 e. The molecule has 1 amide bonds. The van der Waals surface area contributed by atoms with E-state index in [-0.39, 0.29) is 11.9 Å². The van der Waals surface area contributed by atoms with Crippen molar-refractivity contribution in [1.82, 2.24) is 25.1 Å². The fourth-order valence-corrected chi connectivity index (χ4v) is 2.24. The summed E-state index contributed by atoms with van der Waals surface area (Å²) in [6.45, 7) is 1.92. The van der Waals surface area contributed by atoms with Gasteiger partial charge in [0.15, 0.2) is 0 Å². The summed E-state index contributed by atoms with van der Waals surface area (Å²) >= 11 is 5.72. The molecule has 1 N–H and O–H groups in total. The van der Waals surface area contributed by atoms with E-state index in [1.165, 1.54) is 12.5 Å². The first-order chi connectivity index (χ1) is 11.1. The molecule has 23 heavy (non-hydrogen) atoms. The van der Waals surface area contributed by atoms with Crippen molar-refractivity contribution in [2.24, 2.45) is 0 Å². The van der Waals surface area contributed by atoms with E-state index in [2.05, 4.69) is 20.4 Å². The Morgan fingerprint density at radius 1 is 1.22 bits per heavy atom. The predicted octanol–water partition coefficient (Wildman–Crippen LogP) is 2.81. The second kappa shape index (κ2) is 6.58. The third-order valence-corrected chi connectivity index (χ3v) is 3.64. The fourth-order valence-electron chi connectivity index (χ4n) is 2.13. The second-order valence-corrected chi connectivity index (χ2v) is 5.38. The van der Waals surface area contributed by atoms with Gasteiger partial charge in [0, 0.05) is 6.20 Å². The van der Waals surface area contributed by atoms with Crippen molar-refractivity contribution in [1.29, 1.82) is 0 Å². The smallest absolute Gasteiger partial charge is 0.253 e. The quantitative estimate of drug-likeness (QED) is 0.748. The number of nitrogens with zero attached hydrogens (tertiary/aromatic N) is 4. The van der Waals surface area contributed by atoms with Crippen LogP contribution in [0.2, 0.25) is 5.15 Å². The lowest BCUT2D eigenvalue weighted by Crippen LogP contribution is -2.26. The van der Waals surface area contributed by atoms with Gasteiger partial charge in [-0.3, -0.25) is 4.79 Å². The number of benzene rings is 1. The zero-order chi connectivity index (χ0) is 16.2. The number of amides is 1. The van der Waals surface area contributed by atoms with Gasteiger partial charge in [-0.15, -0.1) is 0 Å². The number of halogens is 1. The molecule has 1 aromatic carbocycles. The molecular formula is C16H14ClN5O. The summed E-state index contributed by atoms with van der Waals surface area (Å²) in [6.07, 6.45) is 4.57. The molecular weight excluding hydrogens is 314 g/mol. The van der Waals surface area contributed by atoms with Gasteiger partial charge in [0.25, 0.3) is 5.91 Å². The molecule has 2 aromatic heterocycles. The van der Waals surface area contributed by atoms with Gasteiger partial charge in [0.05, 0.1) is 17.3 Å². The molecule has 116 valence electrons. The summed E-state index contributed by atoms with van der Waals surface area (Å²) in [7, 11) is 0. The largest absolute Gasteiger partial charge is 0.345 e. The van der Waals surface area contributed by atoms with Crippen LogP contribution in [0.5, 0.6) is 0 Å². The van der Waals surface area contributed by atoms with Crippen molar-refractivity contribution in [2.45, 2.75) is 13.0 Å². The molecule has 0 saturated heterocycles. The summed E-state index contributed by atoms with van der Waals surface area (Å²) in [5.41, 5.74) is 2.37. The average molecular weight is 328 g/mol. The highest BCUT2D eigenvalue weighted by atomic mass is 35.5. The topological polar surface area (TPSA) is 72.7 Å². The lowest BCUT2D eigenvalue weighted by Gasteiger charge is -2.15. The third kappa shape index (κ3) is 3.54. The molecule has 0 aliphatic heterocycles. The van der Waals surface area contributed by atoms with Crippen molar-refractivity contribution >= 4 is 17.5 Å². The Hall–Kier alpha value is -2.73. The summed E-state index contributed by atoms with van der Waals surface area (Å²) in [6, 6.07) is 10.8. The average Bonchev–Trinajstić information content (AvgIpc) is 3.10. The SMILES string of the molecule is CC(NC(=O)c1ccc(Cl)nc1)c1ccc(-n2cncn2)cc1. The number of carbonyl (C=O) groups is 1. The Balaban J connectivity index is 1.69. The molecule has 3 rings (SSSR count). The van der Waals surface area contributed by atoms with Crippen LogP contribution in [0.15, 0.2) is 55.2 Å². The number of carbonyl (C=O) groups excluding carboxylic acids is 1. The maximum atomic E-state index is 12.2. The Bertz CT molecular complexity index is 784. The lowest BCUT2D eigenvalue weighted by atomic mass is 10.1. The van der Waals surface area contributed by atoms with E-state index in [9.17, 15) is 4.79 Å². The van der Waals surface area contributed by atoms with Crippen molar-refractivity contribution in [3.05, 3.63) is 71.5 Å². The van der Waals surface area contributed by atoms with Crippen molar-refractivity contribution in [3.8, 4) is 5.69 Å². The van der Waals surface area contributed by atoms with Gasteiger partial charge in [0.1, 0.15) is 17.8 Å². The molecule has 6 nitrogen and oxygen atoms in total. The second-order valence-electron chi connectivity index (χ2n) is 5.00. The van der Waals surface area contributed by atoms with Crippen LogP contribution in [-0.4, -0.2) is 25.7 Å². The number of aromatic nitrogens is 4. The van der Waals surface area contributed by atoms with Crippen molar-refractivity contribution in [2.75, 3.05) is 0 Å². The van der Waals surface area contributed by atoms with Crippen molar-refractivity contribution < 1.29 is 4.79 Å². The molecule has 0 radical (unpaired) electrons. The van der Waals surface area contributed by atoms with E-state index in [4.69, 9.17) is 11.6 Å². The normalized spacial score (nSPS) is 11.9. The molecule has 0 aliphatic carbocycles. The van der Waals surface area contributed by atoms with Gasteiger partial charge in [0.2, 0.25) is 0 Å². The third-order valence-electron chi connectivity index (χ3n) is 3.41. The van der Waals surface area contributed by atoms with Crippen LogP contribution in [0.1, 0.15) is 28.9 Å². The first-order valence-electron chi connectivity index (χ1n) is 7.01. The first-order valence-corrected chi connectivity index (χ1v) is 7.38. The van der Waals surface area contributed by atoms with Gasteiger partial charge >= 0.3 is 0 Å². The van der Waals surface area contributed by atoms with E-state index in [1.54, 1.807) is 23.1 Å². The number of hydrogen-bond donors (Lipinski definition) is 1. The van der Waals surface area contributed by atoms with Gasteiger partial charge in [-0.1, -0.05) is 23.7 Å².